The van der Waals surface area contributed by atoms with Crippen molar-refractivity contribution < 1.29 is 22.0 Å². The van der Waals surface area contributed by atoms with Crippen molar-refractivity contribution in [1.29, 1.82) is 0 Å². The van der Waals surface area contributed by atoms with Crippen LogP contribution in [0.1, 0.15) is 37.8 Å². The summed E-state index contributed by atoms with van der Waals surface area (Å²) in [5.74, 6) is -9.31. The zero-order valence-corrected chi connectivity index (χ0v) is 13.6. The van der Waals surface area contributed by atoms with Gasteiger partial charge < -0.3 is 0 Å². The van der Waals surface area contributed by atoms with E-state index >= 15 is 0 Å². The second-order valence-corrected chi connectivity index (χ2v) is 5.92. The Bertz CT molecular complexity index is 682. The molecule has 0 spiro atoms. The van der Waals surface area contributed by atoms with Gasteiger partial charge in [0.1, 0.15) is 7.28 Å². The Hall–Kier alpha value is -1.85. The lowest BCUT2D eigenvalue weighted by Gasteiger charge is -2.32. The predicted octanol–water partition coefficient (Wildman–Crippen LogP) is 5.03. The quantitative estimate of drug-likeness (QED) is 0.299. The van der Waals surface area contributed by atoms with Gasteiger partial charge in [0.05, 0.1) is 0 Å². The van der Waals surface area contributed by atoms with Gasteiger partial charge in [-0.3, -0.25) is 0 Å². The van der Waals surface area contributed by atoms with Gasteiger partial charge in [0.25, 0.3) is 0 Å². The molecule has 24 heavy (non-hydrogen) atoms. The van der Waals surface area contributed by atoms with Crippen LogP contribution in [0.15, 0.2) is 30.3 Å². The first-order valence-electron chi connectivity index (χ1n) is 7.93. The number of halogens is 5. The minimum Gasteiger partial charge on any atom is -0.203 e. The van der Waals surface area contributed by atoms with E-state index in [1.54, 1.807) is 13.8 Å². The maximum absolute atomic E-state index is 14.3. The van der Waals surface area contributed by atoms with Gasteiger partial charge in [-0.05, 0) is 5.31 Å². The van der Waals surface area contributed by atoms with Crippen molar-refractivity contribution in [3.8, 4) is 0 Å². The van der Waals surface area contributed by atoms with Gasteiger partial charge in [-0.15, -0.1) is 0 Å². The van der Waals surface area contributed by atoms with Gasteiger partial charge >= 0.3 is 0 Å². The molecular weight excluding hydrogens is 322 g/mol. The van der Waals surface area contributed by atoms with Gasteiger partial charge in [-0.1, -0.05) is 68.9 Å². The molecule has 0 saturated carbocycles. The third-order valence-corrected chi connectivity index (χ3v) is 4.83. The highest BCUT2D eigenvalue weighted by Gasteiger charge is 2.39. The molecule has 2 aromatic rings. The van der Waals surface area contributed by atoms with Crippen LogP contribution in [0, 0.1) is 29.1 Å². The summed E-state index contributed by atoms with van der Waals surface area (Å²) in [6, 6.07) is 9.27. The summed E-state index contributed by atoms with van der Waals surface area (Å²) in [6.07, 6.45) is 1.03. The van der Waals surface area contributed by atoms with Gasteiger partial charge in [0.15, 0.2) is 23.3 Å². The van der Waals surface area contributed by atoms with E-state index in [0.29, 0.717) is 13.6 Å². The molecule has 2 rings (SSSR count). The third kappa shape index (κ3) is 3.19. The normalized spacial score (nSPS) is 11.6. The van der Waals surface area contributed by atoms with E-state index in [9.17, 15) is 22.0 Å². The largest absolute Gasteiger partial charge is 0.203 e. The van der Waals surface area contributed by atoms with Crippen LogP contribution in [0.3, 0.4) is 0 Å². The lowest BCUT2D eigenvalue weighted by molar-refractivity contribution is 0.353. The van der Waals surface area contributed by atoms with Crippen molar-refractivity contribution in [1.82, 2.24) is 0 Å². The number of hydrogen-bond donors (Lipinski definition) is 0. The second-order valence-electron chi connectivity index (χ2n) is 5.92. The molecule has 0 aliphatic rings. The topological polar surface area (TPSA) is 0 Å². The zero-order chi connectivity index (χ0) is 17.9. The molecule has 0 nitrogen and oxygen atoms in total. The van der Waals surface area contributed by atoms with Crippen LogP contribution >= 0.6 is 0 Å². The minimum absolute atomic E-state index is 0.273. The Morgan fingerprint density at radius 3 is 1.67 bits per heavy atom. The number of rotatable bonds is 6. The second kappa shape index (κ2) is 7.37. The van der Waals surface area contributed by atoms with Crippen molar-refractivity contribution in [3.63, 3.8) is 0 Å². The molecule has 0 amide bonds. The van der Waals surface area contributed by atoms with Crippen LogP contribution in [0.4, 0.5) is 22.0 Å². The highest BCUT2D eigenvalue weighted by atomic mass is 19.2. The van der Waals surface area contributed by atoms with E-state index in [1.165, 1.54) is 0 Å². The first-order valence-corrected chi connectivity index (χ1v) is 7.93. The van der Waals surface area contributed by atoms with Gasteiger partial charge in [0, 0.05) is 5.56 Å². The Morgan fingerprint density at radius 1 is 0.750 bits per heavy atom. The van der Waals surface area contributed by atoms with E-state index in [1.807, 2.05) is 30.3 Å². The molecule has 128 valence electrons. The van der Waals surface area contributed by atoms with E-state index in [4.69, 9.17) is 0 Å². The van der Waals surface area contributed by atoms with Crippen molar-refractivity contribution in [3.05, 3.63) is 70.5 Å². The van der Waals surface area contributed by atoms with Crippen molar-refractivity contribution in [2.24, 2.45) is 0 Å². The molecular formula is C18H18BF5. The zero-order valence-electron chi connectivity index (χ0n) is 13.6. The lowest BCUT2D eigenvalue weighted by Crippen LogP contribution is -2.36. The van der Waals surface area contributed by atoms with Gasteiger partial charge in [-0.2, -0.15) is 0 Å². The number of benzene rings is 2. The molecule has 0 N–H and O–H groups in total. The van der Waals surface area contributed by atoms with Gasteiger partial charge in [-0.25, -0.2) is 22.0 Å². The smallest absolute Gasteiger partial charge is 0.200 e. The van der Waals surface area contributed by atoms with E-state index in [0.717, 1.165) is 5.56 Å². The Labute approximate surface area is 138 Å². The van der Waals surface area contributed by atoms with E-state index in [-0.39, 0.29) is 12.8 Å². The Morgan fingerprint density at radius 2 is 1.21 bits per heavy atom. The van der Waals surface area contributed by atoms with Crippen LogP contribution in [0.2, 0.25) is 0 Å². The van der Waals surface area contributed by atoms with Crippen LogP contribution in [-0.4, -0.2) is 7.28 Å². The molecule has 0 heterocycles. The summed E-state index contributed by atoms with van der Waals surface area (Å²) in [4.78, 5) is 0. The summed E-state index contributed by atoms with van der Waals surface area (Å²) in [5, 5.41) is -1.11. The molecule has 0 saturated heterocycles. The van der Waals surface area contributed by atoms with Crippen LogP contribution in [0.25, 0.3) is 0 Å². The highest BCUT2D eigenvalue weighted by molar-refractivity contribution is 6.39. The van der Waals surface area contributed by atoms with Crippen LogP contribution in [-0.2, 0) is 11.6 Å². The first kappa shape index (κ1) is 18.5. The SMILES string of the molecule is CCC(BCc1ccccc1)(CC)c1c(F)c(F)c(F)c(F)c1F. The lowest BCUT2D eigenvalue weighted by atomic mass is 9.44. The fraction of sp³-hybridized carbons (Fsp3) is 0.333. The summed E-state index contributed by atoms with van der Waals surface area (Å²) < 4.78 is 69.1. The van der Waals surface area contributed by atoms with Crippen molar-refractivity contribution >= 4 is 7.28 Å². The molecule has 0 bridgehead atoms. The fourth-order valence-corrected chi connectivity index (χ4v) is 3.18. The van der Waals surface area contributed by atoms with Crippen LogP contribution < -0.4 is 0 Å². The predicted molar refractivity (Wildman–Crippen MR) is 85.8 cm³/mol. The number of hydrogen-bond acceptors (Lipinski definition) is 0. The van der Waals surface area contributed by atoms with Gasteiger partial charge in [0.2, 0.25) is 5.82 Å². The first-order chi connectivity index (χ1) is 11.4. The summed E-state index contributed by atoms with van der Waals surface area (Å²) in [5.41, 5.74) is 0.257. The summed E-state index contributed by atoms with van der Waals surface area (Å²) >= 11 is 0. The summed E-state index contributed by atoms with van der Waals surface area (Å²) in [7, 11) is 0.294. The monoisotopic (exact) mass is 340 g/mol. The molecule has 0 fully saturated rings. The standard InChI is InChI=1S/C18H18BF5/c1-3-18(4-2,19-10-11-8-6-5-7-9-11)12-13(20)15(22)17(24)16(23)14(12)21/h5-9,19H,3-4,10H2,1-2H3. The molecule has 0 aliphatic carbocycles. The van der Waals surface area contributed by atoms with Crippen LogP contribution in [0.5, 0.6) is 0 Å². The molecule has 0 aromatic heterocycles. The highest BCUT2D eigenvalue weighted by Crippen LogP contribution is 2.37. The maximum Gasteiger partial charge on any atom is 0.200 e. The van der Waals surface area contributed by atoms with Crippen molar-refractivity contribution in [2.45, 2.75) is 38.3 Å². The Kier molecular flexibility index (Phi) is 5.68. The molecule has 0 atom stereocenters. The van der Waals surface area contributed by atoms with Crippen molar-refractivity contribution in [2.75, 3.05) is 0 Å². The minimum atomic E-state index is -2.11. The summed E-state index contributed by atoms with van der Waals surface area (Å²) in [6.45, 7) is 3.40. The molecule has 0 aliphatic heterocycles. The molecule has 2 aromatic carbocycles. The maximum atomic E-state index is 14.3. The van der Waals surface area contributed by atoms with E-state index in [2.05, 4.69) is 0 Å². The average molecular weight is 340 g/mol. The third-order valence-electron chi connectivity index (χ3n) is 4.83. The molecule has 0 unspecified atom stereocenters. The van der Waals surface area contributed by atoms with E-state index < -0.39 is 40.0 Å². The average Bonchev–Trinajstić information content (AvgIpc) is 2.62. The molecule has 0 radical (unpaired) electrons. The Balaban J connectivity index is 2.51. The molecule has 6 heteroatoms. The fourth-order valence-electron chi connectivity index (χ4n) is 3.18.